The Morgan fingerprint density at radius 2 is 2.12 bits per heavy atom. The number of carbonyl (C=O) groups excluding carboxylic acids is 1. The molecule has 1 saturated heterocycles. The molecule has 130 valence electrons. The van der Waals surface area contributed by atoms with Crippen LogP contribution >= 0.6 is 0 Å². The molecule has 0 spiro atoms. The second kappa shape index (κ2) is 6.67. The number of anilines is 1. The number of hydrogen-bond acceptors (Lipinski definition) is 4. The Bertz CT molecular complexity index is 790. The highest BCUT2D eigenvalue weighted by Gasteiger charge is 2.28. The summed E-state index contributed by atoms with van der Waals surface area (Å²) in [6.45, 7) is 2.33. The molecular formula is C20H22N2O3. The van der Waals surface area contributed by atoms with Gasteiger partial charge in [0.15, 0.2) is 0 Å². The molecule has 1 atom stereocenters. The van der Waals surface area contributed by atoms with E-state index in [0.29, 0.717) is 12.2 Å². The van der Waals surface area contributed by atoms with Crippen LogP contribution < -0.4 is 19.7 Å². The van der Waals surface area contributed by atoms with Crippen LogP contribution in [0.5, 0.6) is 11.5 Å². The van der Waals surface area contributed by atoms with Crippen LogP contribution in [0.3, 0.4) is 0 Å². The number of para-hydroxylation sites is 3. The number of carbonyl (C=O) groups is 1. The minimum atomic E-state index is -0.0503. The SMILES string of the molecule is COc1ccccc1N1CCC(NC(=O)c2cccc3c2OCC3)C1. The van der Waals surface area contributed by atoms with Crippen molar-refractivity contribution in [2.45, 2.75) is 18.9 Å². The van der Waals surface area contributed by atoms with Crippen molar-refractivity contribution in [3.05, 3.63) is 53.6 Å². The molecule has 2 aromatic rings. The minimum absolute atomic E-state index is 0.0503. The predicted molar refractivity (Wildman–Crippen MR) is 96.7 cm³/mol. The second-order valence-corrected chi connectivity index (χ2v) is 6.47. The Hall–Kier alpha value is -2.69. The molecule has 1 amide bonds. The fourth-order valence-electron chi connectivity index (χ4n) is 3.65. The largest absolute Gasteiger partial charge is 0.495 e. The number of ether oxygens (including phenoxy) is 2. The lowest BCUT2D eigenvalue weighted by Gasteiger charge is -2.21. The topological polar surface area (TPSA) is 50.8 Å². The summed E-state index contributed by atoms with van der Waals surface area (Å²) in [7, 11) is 1.68. The van der Waals surface area contributed by atoms with Gasteiger partial charge in [0, 0.05) is 25.6 Å². The lowest BCUT2D eigenvalue weighted by Crippen LogP contribution is -2.37. The van der Waals surface area contributed by atoms with Crippen molar-refractivity contribution in [1.82, 2.24) is 5.32 Å². The summed E-state index contributed by atoms with van der Waals surface area (Å²) in [4.78, 5) is 15.0. The van der Waals surface area contributed by atoms with E-state index in [9.17, 15) is 4.79 Å². The highest BCUT2D eigenvalue weighted by atomic mass is 16.5. The van der Waals surface area contributed by atoms with Gasteiger partial charge in [-0.25, -0.2) is 0 Å². The van der Waals surface area contributed by atoms with Crippen LogP contribution in [0, 0.1) is 0 Å². The third kappa shape index (κ3) is 3.02. The van der Waals surface area contributed by atoms with E-state index in [2.05, 4.69) is 16.3 Å². The van der Waals surface area contributed by atoms with Crippen LogP contribution in [-0.4, -0.2) is 38.8 Å². The molecule has 5 heteroatoms. The number of nitrogens with zero attached hydrogens (tertiary/aromatic N) is 1. The van der Waals surface area contributed by atoms with Crippen molar-refractivity contribution >= 4 is 11.6 Å². The number of benzene rings is 2. The average Bonchev–Trinajstić information content (AvgIpc) is 3.30. The minimum Gasteiger partial charge on any atom is -0.495 e. The molecule has 25 heavy (non-hydrogen) atoms. The molecule has 5 nitrogen and oxygen atoms in total. The van der Waals surface area contributed by atoms with Crippen molar-refractivity contribution < 1.29 is 14.3 Å². The maximum atomic E-state index is 12.7. The van der Waals surface area contributed by atoms with E-state index >= 15 is 0 Å². The molecule has 2 aliphatic heterocycles. The lowest BCUT2D eigenvalue weighted by atomic mass is 10.1. The highest BCUT2D eigenvalue weighted by Crippen LogP contribution is 2.31. The Kier molecular flexibility index (Phi) is 4.22. The predicted octanol–water partition coefficient (Wildman–Crippen LogP) is 2.64. The molecular weight excluding hydrogens is 316 g/mol. The average molecular weight is 338 g/mol. The van der Waals surface area contributed by atoms with Crippen molar-refractivity contribution in [2.24, 2.45) is 0 Å². The first kappa shape index (κ1) is 15.8. The Morgan fingerprint density at radius 1 is 1.24 bits per heavy atom. The molecule has 4 rings (SSSR count). The van der Waals surface area contributed by atoms with Gasteiger partial charge in [-0.3, -0.25) is 4.79 Å². The molecule has 0 aromatic heterocycles. The summed E-state index contributed by atoms with van der Waals surface area (Å²) in [6, 6.07) is 13.9. The van der Waals surface area contributed by atoms with Gasteiger partial charge in [-0.15, -0.1) is 0 Å². The van der Waals surface area contributed by atoms with Crippen LogP contribution in [-0.2, 0) is 6.42 Å². The molecule has 1 fully saturated rings. The van der Waals surface area contributed by atoms with E-state index in [1.165, 1.54) is 0 Å². The van der Waals surface area contributed by atoms with Crippen LogP contribution in [0.25, 0.3) is 0 Å². The van der Waals surface area contributed by atoms with Crippen LogP contribution in [0.15, 0.2) is 42.5 Å². The number of rotatable bonds is 4. The zero-order valence-electron chi connectivity index (χ0n) is 14.3. The summed E-state index contributed by atoms with van der Waals surface area (Å²) >= 11 is 0. The quantitative estimate of drug-likeness (QED) is 0.931. The molecule has 2 aliphatic rings. The zero-order valence-corrected chi connectivity index (χ0v) is 14.3. The summed E-state index contributed by atoms with van der Waals surface area (Å²) in [5.41, 5.74) is 2.84. The van der Waals surface area contributed by atoms with E-state index in [4.69, 9.17) is 9.47 Å². The van der Waals surface area contributed by atoms with Crippen LogP contribution in [0.1, 0.15) is 22.3 Å². The molecule has 0 saturated carbocycles. The van der Waals surface area contributed by atoms with Gasteiger partial charge in [0.1, 0.15) is 11.5 Å². The van der Waals surface area contributed by atoms with E-state index in [1.807, 2.05) is 36.4 Å². The Balaban J connectivity index is 1.45. The van der Waals surface area contributed by atoms with Gasteiger partial charge in [-0.2, -0.15) is 0 Å². The maximum absolute atomic E-state index is 12.7. The summed E-state index contributed by atoms with van der Waals surface area (Å²) in [5, 5.41) is 3.16. The van der Waals surface area contributed by atoms with E-state index in [-0.39, 0.29) is 11.9 Å². The summed E-state index contributed by atoms with van der Waals surface area (Å²) in [6.07, 6.45) is 1.79. The first-order valence-electron chi connectivity index (χ1n) is 8.70. The zero-order chi connectivity index (χ0) is 17.2. The normalized spacial score (nSPS) is 18.6. The number of fused-ring (bicyclic) bond motifs is 1. The van der Waals surface area contributed by atoms with E-state index in [0.717, 1.165) is 48.7 Å². The highest BCUT2D eigenvalue weighted by molar-refractivity contribution is 5.97. The number of nitrogens with one attached hydrogen (secondary N) is 1. The van der Waals surface area contributed by atoms with Crippen molar-refractivity contribution in [3.63, 3.8) is 0 Å². The van der Waals surface area contributed by atoms with Crippen molar-refractivity contribution in [2.75, 3.05) is 31.7 Å². The first-order chi connectivity index (χ1) is 12.3. The van der Waals surface area contributed by atoms with Gasteiger partial charge in [0.25, 0.3) is 5.91 Å². The number of amides is 1. The smallest absolute Gasteiger partial charge is 0.255 e. The van der Waals surface area contributed by atoms with Gasteiger partial charge in [0.05, 0.1) is 25.0 Å². The van der Waals surface area contributed by atoms with Gasteiger partial charge in [-0.05, 0) is 30.2 Å². The second-order valence-electron chi connectivity index (χ2n) is 6.47. The Morgan fingerprint density at radius 3 is 3.00 bits per heavy atom. The summed E-state index contributed by atoms with van der Waals surface area (Å²) < 4.78 is 11.1. The van der Waals surface area contributed by atoms with Crippen molar-refractivity contribution in [3.8, 4) is 11.5 Å². The standard InChI is InChI=1S/C20H22N2O3/c1-24-18-8-3-2-7-17(18)22-11-9-15(13-22)21-20(23)16-6-4-5-14-10-12-25-19(14)16/h2-8,15H,9-13H2,1H3,(H,21,23). The molecule has 0 bridgehead atoms. The third-order valence-electron chi connectivity index (χ3n) is 4.91. The molecule has 0 aliphatic carbocycles. The van der Waals surface area contributed by atoms with Crippen molar-refractivity contribution in [1.29, 1.82) is 0 Å². The fourth-order valence-corrected chi connectivity index (χ4v) is 3.65. The molecule has 1 unspecified atom stereocenters. The molecule has 1 N–H and O–H groups in total. The van der Waals surface area contributed by atoms with Gasteiger partial charge < -0.3 is 19.7 Å². The van der Waals surface area contributed by atoms with Crippen LogP contribution in [0.4, 0.5) is 5.69 Å². The van der Waals surface area contributed by atoms with Gasteiger partial charge in [-0.1, -0.05) is 24.3 Å². The number of hydrogen-bond donors (Lipinski definition) is 1. The first-order valence-corrected chi connectivity index (χ1v) is 8.70. The third-order valence-corrected chi connectivity index (χ3v) is 4.91. The molecule has 0 radical (unpaired) electrons. The van der Waals surface area contributed by atoms with E-state index in [1.54, 1.807) is 7.11 Å². The lowest BCUT2D eigenvalue weighted by molar-refractivity contribution is 0.0937. The fraction of sp³-hybridized carbons (Fsp3) is 0.350. The molecule has 2 heterocycles. The van der Waals surface area contributed by atoms with Gasteiger partial charge >= 0.3 is 0 Å². The van der Waals surface area contributed by atoms with Gasteiger partial charge in [0.2, 0.25) is 0 Å². The van der Waals surface area contributed by atoms with E-state index < -0.39 is 0 Å². The number of methoxy groups -OCH3 is 1. The molecule has 2 aromatic carbocycles. The van der Waals surface area contributed by atoms with Crippen LogP contribution in [0.2, 0.25) is 0 Å². The monoisotopic (exact) mass is 338 g/mol. The maximum Gasteiger partial charge on any atom is 0.255 e. The Labute approximate surface area is 147 Å². The summed E-state index contributed by atoms with van der Waals surface area (Å²) in [5.74, 6) is 1.56.